The van der Waals surface area contributed by atoms with E-state index < -0.39 is 17.1 Å². The fourth-order valence-corrected chi connectivity index (χ4v) is 2.45. The van der Waals surface area contributed by atoms with Crippen molar-refractivity contribution in [3.05, 3.63) is 68.1 Å². The minimum absolute atomic E-state index is 0.00854. The van der Waals surface area contributed by atoms with Gasteiger partial charge in [0.05, 0.1) is 23.7 Å². The predicted molar refractivity (Wildman–Crippen MR) is 81.7 cm³/mol. The second kappa shape index (κ2) is 5.31. The van der Waals surface area contributed by atoms with Gasteiger partial charge in [-0.1, -0.05) is 17.7 Å². The van der Waals surface area contributed by atoms with E-state index in [9.17, 15) is 14.0 Å². The van der Waals surface area contributed by atoms with Gasteiger partial charge >= 0.3 is 5.69 Å². The molecule has 3 aromatic rings. The van der Waals surface area contributed by atoms with Gasteiger partial charge in [0.2, 0.25) is 0 Å². The third-order valence-corrected chi connectivity index (χ3v) is 3.51. The maximum absolute atomic E-state index is 14.5. The molecule has 5 nitrogen and oxygen atoms in total. The van der Waals surface area contributed by atoms with E-state index in [0.717, 1.165) is 4.57 Å². The van der Waals surface area contributed by atoms with Gasteiger partial charge in [-0.3, -0.25) is 14.3 Å². The van der Waals surface area contributed by atoms with Crippen LogP contribution >= 0.6 is 11.6 Å². The first-order valence-electron chi connectivity index (χ1n) is 6.30. The average Bonchev–Trinajstić information content (AvgIpc) is 2.48. The molecule has 0 saturated heterocycles. The van der Waals surface area contributed by atoms with E-state index in [0.29, 0.717) is 5.02 Å². The summed E-state index contributed by atoms with van der Waals surface area (Å²) >= 11 is 5.94. The van der Waals surface area contributed by atoms with Gasteiger partial charge in [0.1, 0.15) is 0 Å². The van der Waals surface area contributed by atoms with Gasteiger partial charge in [-0.05, 0) is 30.3 Å². The van der Waals surface area contributed by atoms with E-state index in [4.69, 9.17) is 16.3 Å². The Morgan fingerprint density at radius 3 is 2.73 bits per heavy atom. The SMILES string of the molecule is COc1cccc(-n2c(=O)[nH]c(=O)c3ccc(Cl)cc32)c1F. The zero-order valence-corrected chi connectivity index (χ0v) is 12.1. The number of hydrogen-bond acceptors (Lipinski definition) is 3. The largest absolute Gasteiger partial charge is 0.494 e. The normalized spacial score (nSPS) is 10.9. The Morgan fingerprint density at radius 2 is 2.00 bits per heavy atom. The number of nitrogens with one attached hydrogen (secondary N) is 1. The van der Waals surface area contributed by atoms with Gasteiger partial charge in [-0.25, -0.2) is 9.18 Å². The average molecular weight is 321 g/mol. The van der Waals surface area contributed by atoms with Crippen LogP contribution < -0.4 is 16.0 Å². The number of H-pyrrole nitrogens is 1. The summed E-state index contributed by atoms with van der Waals surface area (Å²) in [6, 6.07) is 8.83. The van der Waals surface area contributed by atoms with Crippen LogP contribution in [0.25, 0.3) is 16.6 Å². The fourth-order valence-electron chi connectivity index (χ4n) is 2.28. The molecule has 0 aliphatic rings. The lowest BCUT2D eigenvalue weighted by molar-refractivity contribution is 0.385. The maximum atomic E-state index is 14.5. The van der Waals surface area contributed by atoms with Crippen LogP contribution in [0.2, 0.25) is 5.02 Å². The van der Waals surface area contributed by atoms with E-state index in [2.05, 4.69) is 4.98 Å². The summed E-state index contributed by atoms with van der Waals surface area (Å²) in [5.74, 6) is -0.716. The summed E-state index contributed by atoms with van der Waals surface area (Å²) in [5, 5.41) is 0.556. The van der Waals surface area contributed by atoms with Crippen molar-refractivity contribution in [2.45, 2.75) is 0 Å². The highest BCUT2D eigenvalue weighted by atomic mass is 35.5. The molecule has 1 N–H and O–H groups in total. The lowest BCUT2D eigenvalue weighted by Gasteiger charge is -2.12. The zero-order valence-electron chi connectivity index (χ0n) is 11.4. The summed E-state index contributed by atoms with van der Waals surface area (Å²) in [6.45, 7) is 0. The van der Waals surface area contributed by atoms with E-state index in [-0.39, 0.29) is 22.3 Å². The first-order valence-corrected chi connectivity index (χ1v) is 6.68. The van der Waals surface area contributed by atoms with Gasteiger partial charge in [0.15, 0.2) is 11.6 Å². The number of halogens is 2. The second-order valence-corrected chi connectivity index (χ2v) is 4.99. The zero-order chi connectivity index (χ0) is 15.9. The molecule has 22 heavy (non-hydrogen) atoms. The van der Waals surface area contributed by atoms with Crippen molar-refractivity contribution in [1.29, 1.82) is 0 Å². The fraction of sp³-hybridized carbons (Fsp3) is 0.0667. The molecule has 0 fully saturated rings. The molecule has 0 aliphatic heterocycles. The molecule has 112 valence electrons. The molecule has 1 aromatic heterocycles. The van der Waals surface area contributed by atoms with Crippen molar-refractivity contribution in [3.63, 3.8) is 0 Å². The van der Waals surface area contributed by atoms with Gasteiger partial charge in [0, 0.05) is 5.02 Å². The topological polar surface area (TPSA) is 64.1 Å². The Bertz CT molecular complexity index is 994. The number of methoxy groups -OCH3 is 1. The van der Waals surface area contributed by atoms with Crippen molar-refractivity contribution >= 4 is 22.5 Å². The van der Waals surface area contributed by atoms with Crippen LogP contribution in [-0.4, -0.2) is 16.7 Å². The van der Waals surface area contributed by atoms with Crippen molar-refractivity contribution in [2.24, 2.45) is 0 Å². The summed E-state index contributed by atoms with van der Waals surface area (Å²) < 4.78 is 20.4. The van der Waals surface area contributed by atoms with Crippen LogP contribution in [0.1, 0.15) is 0 Å². The third-order valence-electron chi connectivity index (χ3n) is 3.27. The molecule has 0 saturated carbocycles. The van der Waals surface area contributed by atoms with Crippen LogP contribution in [-0.2, 0) is 0 Å². The quantitative estimate of drug-likeness (QED) is 0.789. The highest BCUT2D eigenvalue weighted by Gasteiger charge is 2.15. The standard InChI is InChI=1S/C15H10ClFN2O3/c1-22-12-4-2-3-10(13(12)17)19-11-7-8(16)5-6-9(11)14(20)18-15(19)21/h2-7H,1H3,(H,18,20,21). The lowest BCUT2D eigenvalue weighted by atomic mass is 10.2. The molecule has 3 rings (SSSR count). The van der Waals surface area contributed by atoms with Crippen LogP contribution in [0.3, 0.4) is 0 Å². The Morgan fingerprint density at radius 1 is 1.23 bits per heavy atom. The van der Waals surface area contributed by atoms with E-state index in [1.54, 1.807) is 6.07 Å². The van der Waals surface area contributed by atoms with Crippen molar-refractivity contribution in [1.82, 2.24) is 9.55 Å². The summed E-state index contributed by atoms with van der Waals surface area (Å²) in [4.78, 5) is 26.2. The molecule has 2 aromatic carbocycles. The molecule has 0 bridgehead atoms. The number of rotatable bonds is 2. The number of aromatic amines is 1. The highest BCUT2D eigenvalue weighted by molar-refractivity contribution is 6.31. The van der Waals surface area contributed by atoms with Crippen LogP contribution in [0.5, 0.6) is 5.75 Å². The van der Waals surface area contributed by atoms with Crippen molar-refractivity contribution < 1.29 is 9.13 Å². The van der Waals surface area contributed by atoms with E-state index in [1.165, 1.54) is 37.4 Å². The second-order valence-electron chi connectivity index (χ2n) is 4.55. The molecular formula is C15H10ClFN2O3. The number of benzene rings is 2. The molecule has 1 heterocycles. The van der Waals surface area contributed by atoms with Crippen LogP contribution in [0.4, 0.5) is 4.39 Å². The summed E-state index contributed by atoms with van der Waals surface area (Å²) in [6.07, 6.45) is 0. The Hall–Kier alpha value is -2.60. The number of ether oxygens (including phenoxy) is 1. The van der Waals surface area contributed by atoms with Crippen molar-refractivity contribution in [2.75, 3.05) is 7.11 Å². The first-order chi connectivity index (χ1) is 10.5. The molecule has 0 aliphatic carbocycles. The number of aromatic nitrogens is 2. The van der Waals surface area contributed by atoms with Gasteiger partial charge in [-0.15, -0.1) is 0 Å². The minimum atomic E-state index is -0.757. The van der Waals surface area contributed by atoms with Crippen molar-refractivity contribution in [3.8, 4) is 11.4 Å². The minimum Gasteiger partial charge on any atom is -0.494 e. The summed E-state index contributed by atoms with van der Waals surface area (Å²) in [7, 11) is 1.33. The Labute approximate surface area is 128 Å². The van der Waals surface area contributed by atoms with Crippen LogP contribution in [0.15, 0.2) is 46.0 Å². The van der Waals surface area contributed by atoms with Gasteiger partial charge in [0.25, 0.3) is 5.56 Å². The number of nitrogens with zero attached hydrogens (tertiary/aromatic N) is 1. The Balaban J connectivity index is 2.49. The molecule has 0 unspecified atom stereocenters. The first kappa shape index (κ1) is 14.3. The number of hydrogen-bond donors (Lipinski definition) is 1. The predicted octanol–water partition coefficient (Wildman–Crippen LogP) is 2.48. The Kier molecular flexibility index (Phi) is 3.46. The van der Waals surface area contributed by atoms with E-state index >= 15 is 0 Å². The molecule has 0 spiro atoms. The van der Waals surface area contributed by atoms with E-state index in [1.807, 2.05) is 0 Å². The smallest absolute Gasteiger partial charge is 0.333 e. The maximum Gasteiger partial charge on any atom is 0.333 e. The monoisotopic (exact) mass is 320 g/mol. The third kappa shape index (κ3) is 2.17. The summed E-state index contributed by atoms with van der Waals surface area (Å²) in [5.41, 5.74) is -1.13. The molecule has 7 heteroatoms. The molecule has 0 amide bonds. The highest BCUT2D eigenvalue weighted by Crippen LogP contribution is 2.25. The molecule has 0 atom stereocenters. The van der Waals surface area contributed by atoms with Gasteiger partial charge < -0.3 is 4.74 Å². The molecular weight excluding hydrogens is 311 g/mol. The number of fused-ring (bicyclic) bond motifs is 1. The lowest BCUT2D eigenvalue weighted by Crippen LogP contribution is -2.29. The van der Waals surface area contributed by atoms with Gasteiger partial charge in [-0.2, -0.15) is 0 Å². The van der Waals surface area contributed by atoms with Crippen LogP contribution in [0, 0.1) is 5.82 Å². The molecule has 0 radical (unpaired) electrons.